The number of H-pyrrole nitrogens is 1. The van der Waals surface area contributed by atoms with Crippen molar-refractivity contribution in [2.45, 2.75) is 20.4 Å². The van der Waals surface area contributed by atoms with E-state index in [2.05, 4.69) is 19.9 Å². The summed E-state index contributed by atoms with van der Waals surface area (Å²) in [4.78, 5) is 15.7. The third-order valence-electron chi connectivity index (χ3n) is 3.08. The minimum absolute atomic E-state index is 0.410. The van der Waals surface area contributed by atoms with Crippen LogP contribution < -0.4 is 4.74 Å². The SMILES string of the molecule is COc1ncnc2c1[nH]c(=S)n2Cc1nc(C)c(C)o1. The number of aromatic nitrogens is 5. The summed E-state index contributed by atoms with van der Waals surface area (Å²) in [5.74, 6) is 1.85. The molecule has 0 aromatic carbocycles. The lowest BCUT2D eigenvalue weighted by Gasteiger charge is -2.01. The van der Waals surface area contributed by atoms with Gasteiger partial charge in [-0.15, -0.1) is 0 Å². The van der Waals surface area contributed by atoms with Gasteiger partial charge in [0.2, 0.25) is 11.8 Å². The highest BCUT2D eigenvalue weighted by Crippen LogP contribution is 2.21. The second-order valence-electron chi connectivity index (χ2n) is 4.35. The van der Waals surface area contributed by atoms with Crippen molar-refractivity contribution >= 4 is 23.4 Å². The normalized spacial score (nSPS) is 11.2. The summed E-state index contributed by atoms with van der Waals surface area (Å²) in [5.41, 5.74) is 2.20. The summed E-state index contributed by atoms with van der Waals surface area (Å²) in [5, 5.41) is 0. The van der Waals surface area contributed by atoms with Gasteiger partial charge in [-0.3, -0.25) is 4.57 Å². The summed E-state index contributed by atoms with van der Waals surface area (Å²) in [6, 6.07) is 0. The fraction of sp³-hybridized carbons (Fsp3) is 0.333. The number of rotatable bonds is 3. The molecule has 0 aliphatic carbocycles. The predicted molar refractivity (Wildman–Crippen MR) is 74.3 cm³/mol. The number of nitrogens with zero attached hydrogens (tertiary/aromatic N) is 4. The van der Waals surface area contributed by atoms with Gasteiger partial charge in [-0.2, -0.15) is 4.98 Å². The van der Waals surface area contributed by atoms with E-state index in [0.717, 1.165) is 11.5 Å². The molecule has 104 valence electrons. The summed E-state index contributed by atoms with van der Waals surface area (Å²) in [6.45, 7) is 4.20. The molecule has 0 radical (unpaired) electrons. The van der Waals surface area contributed by atoms with Gasteiger partial charge in [0.15, 0.2) is 10.4 Å². The first-order chi connectivity index (χ1) is 9.60. The van der Waals surface area contributed by atoms with Crippen molar-refractivity contribution in [2.75, 3.05) is 7.11 Å². The second kappa shape index (κ2) is 4.71. The lowest BCUT2D eigenvalue weighted by Crippen LogP contribution is -2.01. The largest absolute Gasteiger partial charge is 0.479 e. The molecule has 3 rings (SSSR count). The summed E-state index contributed by atoms with van der Waals surface area (Å²) >= 11 is 5.31. The van der Waals surface area contributed by atoms with Gasteiger partial charge in [0.25, 0.3) is 0 Å². The number of aryl methyl sites for hydroxylation is 2. The van der Waals surface area contributed by atoms with E-state index < -0.39 is 0 Å². The maximum atomic E-state index is 5.58. The van der Waals surface area contributed by atoms with Crippen molar-refractivity contribution in [3.63, 3.8) is 0 Å². The minimum Gasteiger partial charge on any atom is -0.479 e. The molecule has 0 saturated heterocycles. The summed E-state index contributed by atoms with van der Waals surface area (Å²) < 4.78 is 13.1. The number of oxazole rings is 1. The molecule has 0 atom stereocenters. The molecule has 8 heteroatoms. The fourth-order valence-corrected chi connectivity index (χ4v) is 2.24. The van der Waals surface area contributed by atoms with E-state index in [1.807, 2.05) is 13.8 Å². The van der Waals surface area contributed by atoms with E-state index in [1.54, 1.807) is 11.7 Å². The highest BCUT2D eigenvalue weighted by Gasteiger charge is 2.14. The van der Waals surface area contributed by atoms with Crippen LogP contribution in [0.1, 0.15) is 17.3 Å². The summed E-state index contributed by atoms with van der Waals surface area (Å²) in [6.07, 6.45) is 1.44. The summed E-state index contributed by atoms with van der Waals surface area (Å²) in [7, 11) is 1.55. The van der Waals surface area contributed by atoms with E-state index in [9.17, 15) is 0 Å². The zero-order chi connectivity index (χ0) is 14.3. The molecule has 0 saturated carbocycles. The lowest BCUT2D eigenvalue weighted by molar-refractivity contribution is 0.401. The molecule has 0 spiro atoms. The maximum absolute atomic E-state index is 5.58. The highest BCUT2D eigenvalue weighted by atomic mass is 32.1. The number of methoxy groups -OCH3 is 1. The lowest BCUT2D eigenvalue weighted by atomic mass is 10.4. The van der Waals surface area contributed by atoms with Gasteiger partial charge >= 0.3 is 0 Å². The van der Waals surface area contributed by atoms with Gasteiger partial charge in [0, 0.05) is 0 Å². The van der Waals surface area contributed by atoms with E-state index in [4.69, 9.17) is 21.4 Å². The highest BCUT2D eigenvalue weighted by molar-refractivity contribution is 7.71. The van der Waals surface area contributed by atoms with E-state index in [1.165, 1.54) is 6.33 Å². The molecule has 0 unspecified atom stereocenters. The number of imidazole rings is 1. The first kappa shape index (κ1) is 12.8. The molecular weight excluding hydrogens is 278 g/mol. The van der Waals surface area contributed by atoms with Crippen LogP contribution in [0.4, 0.5) is 0 Å². The molecule has 7 nitrogen and oxygen atoms in total. The number of hydrogen-bond acceptors (Lipinski definition) is 6. The fourth-order valence-electron chi connectivity index (χ4n) is 1.99. The monoisotopic (exact) mass is 291 g/mol. The van der Waals surface area contributed by atoms with Crippen LogP contribution in [0.25, 0.3) is 11.2 Å². The van der Waals surface area contributed by atoms with Gasteiger partial charge < -0.3 is 14.1 Å². The van der Waals surface area contributed by atoms with Gasteiger partial charge in [-0.1, -0.05) is 0 Å². The topological polar surface area (TPSA) is 81.8 Å². The van der Waals surface area contributed by atoms with Crippen LogP contribution in [0.2, 0.25) is 0 Å². The second-order valence-corrected chi connectivity index (χ2v) is 4.73. The first-order valence-electron chi connectivity index (χ1n) is 6.00. The molecule has 3 aromatic rings. The molecule has 3 aromatic heterocycles. The molecule has 0 bridgehead atoms. The van der Waals surface area contributed by atoms with Gasteiger partial charge in [-0.05, 0) is 26.1 Å². The Hall–Kier alpha value is -2.22. The minimum atomic E-state index is 0.410. The van der Waals surface area contributed by atoms with Crippen molar-refractivity contribution in [3.8, 4) is 5.88 Å². The molecule has 0 amide bonds. The van der Waals surface area contributed by atoms with Crippen LogP contribution >= 0.6 is 12.2 Å². The Morgan fingerprint density at radius 1 is 1.40 bits per heavy atom. The van der Waals surface area contributed by atoms with Gasteiger partial charge in [0.1, 0.15) is 24.1 Å². The molecule has 3 heterocycles. The maximum Gasteiger partial charge on any atom is 0.242 e. The quantitative estimate of drug-likeness (QED) is 0.745. The van der Waals surface area contributed by atoms with Crippen LogP contribution in [0.3, 0.4) is 0 Å². The van der Waals surface area contributed by atoms with E-state index >= 15 is 0 Å². The van der Waals surface area contributed by atoms with Crippen LogP contribution in [0.15, 0.2) is 10.7 Å². The Bertz CT molecular complexity index is 813. The Balaban J connectivity index is 2.12. The average molecular weight is 291 g/mol. The van der Waals surface area contributed by atoms with Crippen LogP contribution in [0.5, 0.6) is 5.88 Å². The molecule has 1 N–H and O–H groups in total. The van der Waals surface area contributed by atoms with Gasteiger partial charge in [0.05, 0.1) is 12.8 Å². The molecule has 0 aliphatic heterocycles. The van der Waals surface area contributed by atoms with Crippen molar-refractivity contribution < 1.29 is 9.15 Å². The van der Waals surface area contributed by atoms with E-state index in [0.29, 0.717) is 34.3 Å². The van der Waals surface area contributed by atoms with Crippen molar-refractivity contribution in [3.05, 3.63) is 28.4 Å². The smallest absolute Gasteiger partial charge is 0.242 e. The molecule has 0 fully saturated rings. The standard InChI is InChI=1S/C12H13N5O2S/c1-6-7(2)19-8(15-6)4-17-10-9(16-12(17)20)11(18-3)14-5-13-10/h5H,4H2,1-3H3,(H,16,20). The van der Waals surface area contributed by atoms with E-state index in [-0.39, 0.29) is 0 Å². The zero-order valence-electron chi connectivity index (χ0n) is 11.3. The number of hydrogen-bond donors (Lipinski definition) is 1. The number of ether oxygens (including phenoxy) is 1. The third kappa shape index (κ3) is 1.97. The number of nitrogens with one attached hydrogen (secondary N) is 1. The van der Waals surface area contributed by atoms with Crippen LogP contribution in [0, 0.1) is 18.6 Å². The molecule has 20 heavy (non-hydrogen) atoms. The predicted octanol–water partition coefficient (Wildman–Crippen LogP) is 2.15. The van der Waals surface area contributed by atoms with Crippen molar-refractivity contribution in [1.29, 1.82) is 0 Å². The van der Waals surface area contributed by atoms with Crippen LogP contribution in [-0.2, 0) is 6.54 Å². The Kier molecular flexibility index (Phi) is 3.01. The van der Waals surface area contributed by atoms with Gasteiger partial charge in [-0.25, -0.2) is 9.97 Å². The number of aromatic amines is 1. The zero-order valence-corrected chi connectivity index (χ0v) is 12.1. The van der Waals surface area contributed by atoms with Crippen molar-refractivity contribution in [2.24, 2.45) is 0 Å². The Morgan fingerprint density at radius 2 is 2.20 bits per heavy atom. The molecule has 0 aliphatic rings. The van der Waals surface area contributed by atoms with Crippen LogP contribution in [-0.4, -0.2) is 31.6 Å². The molecular formula is C12H13N5O2S. The average Bonchev–Trinajstić information content (AvgIpc) is 2.91. The first-order valence-corrected chi connectivity index (χ1v) is 6.41. The Morgan fingerprint density at radius 3 is 2.85 bits per heavy atom. The van der Waals surface area contributed by atoms with Crippen molar-refractivity contribution in [1.82, 2.24) is 24.5 Å². The number of fused-ring (bicyclic) bond motifs is 1. The third-order valence-corrected chi connectivity index (χ3v) is 3.41. The Labute approximate surface area is 119 Å².